The molecule has 1 aliphatic heterocycles. The molecule has 1 saturated heterocycles. The summed E-state index contributed by atoms with van der Waals surface area (Å²) in [5.74, 6) is -3.22. The predicted molar refractivity (Wildman–Crippen MR) is 99.1 cm³/mol. The van der Waals surface area contributed by atoms with Gasteiger partial charge in [0, 0.05) is 6.42 Å². The molecule has 156 valence electrons. The lowest BCUT2D eigenvalue weighted by atomic mass is 10.2. The standard InChI is InChI=1S/C17H16N6O7/c24-14(5-7-21-6-4-13(20-21)23(29)30)19-18-12-9-15(25)22(16(12)26)11-3-1-2-10(8-11)17(27)28/h1-4,6,8,12,18H,5,7,9H2,(H,19,24)(H,27,28)/t12-/m1/s1. The molecule has 1 atom stereocenters. The van der Waals surface area contributed by atoms with Gasteiger partial charge < -0.3 is 15.2 Å². The fourth-order valence-electron chi connectivity index (χ4n) is 2.81. The zero-order chi connectivity index (χ0) is 21.8. The fraction of sp³-hybridized carbons (Fsp3) is 0.235. The summed E-state index contributed by atoms with van der Waals surface area (Å²) in [4.78, 5) is 58.6. The van der Waals surface area contributed by atoms with Gasteiger partial charge in [-0.15, -0.1) is 0 Å². The topological polar surface area (TPSA) is 177 Å². The monoisotopic (exact) mass is 416 g/mol. The van der Waals surface area contributed by atoms with Crippen molar-refractivity contribution in [3.63, 3.8) is 0 Å². The van der Waals surface area contributed by atoms with E-state index in [9.17, 15) is 29.3 Å². The van der Waals surface area contributed by atoms with Gasteiger partial charge in [0.2, 0.25) is 11.8 Å². The lowest BCUT2D eigenvalue weighted by Crippen LogP contribution is -2.48. The predicted octanol–water partition coefficient (Wildman–Crippen LogP) is -0.167. The molecular weight excluding hydrogens is 400 g/mol. The van der Waals surface area contributed by atoms with Crippen molar-refractivity contribution < 1.29 is 29.2 Å². The summed E-state index contributed by atoms with van der Waals surface area (Å²) in [6.07, 6.45) is 1.06. The van der Waals surface area contributed by atoms with Crippen LogP contribution >= 0.6 is 0 Å². The van der Waals surface area contributed by atoms with Crippen molar-refractivity contribution >= 4 is 35.2 Å². The Labute approximate surface area is 168 Å². The second-order valence-electron chi connectivity index (χ2n) is 6.32. The van der Waals surface area contributed by atoms with Crippen molar-refractivity contribution in [2.45, 2.75) is 25.4 Å². The van der Waals surface area contributed by atoms with E-state index in [0.29, 0.717) is 0 Å². The Bertz CT molecular complexity index is 1030. The molecule has 0 spiro atoms. The molecular formula is C17H16N6O7. The van der Waals surface area contributed by atoms with Crippen LogP contribution in [0, 0.1) is 10.1 Å². The van der Waals surface area contributed by atoms with E-state index in [2.05, 4.69) is 16.0 Å². The van der Waals surface area contributed by atoms with Crippen LogP contribution in [0.15, 0.2) is 36.5 Å². The van der Waals surface area contributed by atoms with Gasteiger partial charge in [-0.2, -0.15) is 4.68 Å². The number of amides is 3. The van der Waals surface area contributed by atoms with Gasteiger partial charge in [-0.25, -0.2) is 15.1 Å². The number of carbonyl (C=O) groups excluding carboxylic acids is 3. The van der Waals surface area contributed by atoms with Crippen LogP contribution in [0.3, 0.4) is 0 Å². The molecule has 0 aliphatic carbocycles. The van der Waals surface area contributed by atoms with E-state index in [1.165, 1.54) is 41.2 Å². The summed E-state index contributed by atoms with van der Waals surface area (Å²) >= 11 is 0. The van der Waals surface area contributed by atoms with Crippen LogP contribution in [0.5, 0.6) is 0 Å². The van der Waals surface area contributed by atoms with Crippen LogP contribution in [0.1, 0.15) is 23.2 Å². The van der Waals surface area contributed by atoms with Crippen LogP contribution in [0.2, 0.25) is 0 Å². The Morgan fingerprint density at radius 3 is 2.73 bits per heavy atom. The number of hydrogen-bond donors (Lipinski definition) is 3. The molecule has 13 nitrogen and oxygen atoms in total. The summed E-state index contributed by atoms with van der Waals surface area (Å²) in [5.41, 5.74) is 4.87. The largest absolute Gasteiger partial charge is 0.478 e. The summed E-state index contributed by atoms with van der Waals surface area (Å²) in [5, 5.41) is 23.3. The van der Waals surface area contributed by atoms with Crippen molar-refractivity contribution in [2.75, 3.05) is 4.90 Å². The lowest BCUT2D eigenvalue weighted by molar-refractivity contribution is -0.389. The zero-order valence-corrected chi connectivity index (χ0v) is 15.3. The van der Waals surface area contributed by atoms with Gasteiger partial charge in [0.05, 0.1) is 41.6 Å². The average molecular weight is 416 g/mol. The Hall–Kier alpha value is -4.13. The lowest BCUT2D eigenvalue weighted by Gasteiger charge is -2.16. The summed E-state index contributed by atoms with van der Waals surface area (Å²) in [6, 6.07) is 5.59. The number of hydrazine groups is 1. The van der Waals surface area contributed by atoms with E-state index in [0.717, 1.165) is 4.90 Å². The van der Waals surface area contributed by atoms with Crippen molar-refractivity contribution in [2.24, 2.45) is 0 Å². The summed E-state index contributed by atoms with van der Waals surface area (Å²) in [7, 11) is 0. The number of anilines is 1. The average Bonchev–Trinajstić information content (AvgIpc) is 3.29. The second-order valence-corrected chi connectivity index (χ2v) is 6.32. The highest BCUT2D eigenvalue weighted by Gasteiger charge is 2.39. The summed E-state index contributed by atoms with van der Waals surface area (Å²) in [6.45, 7) is 0.0764. The quantitative estimate of drug-likeness (QED) is 0.299. The number of rotatable bonds is 8. The minimum Gasteiger partial charge on any atom is -0.478 e. The van der Waals surface area contributed by atoms with Crippen LogP contribution in [-0.4, -0.2) is 49.5 Å². The minimum absolute atomic E-state index is 0.0725. The van der Waals surface area contributed by atoms with E-state index in [1.807, 2.05) is 0 Å². The van der Waals surface area contributed by atoms with E-state index < -0.39 is 34.7 Å². The number of carboxylic acids is 1. The van der Waals surface area contributed by atoms with Gasteiger partial charge in [-0.3, -0.25) is 19.8 Å². The first-order valence-electron chi connectivity index (χ1n) is 8.68. The van der Waals surface area contributed by atoms with Crippen LogP contribution in [0.4, 0.5) is 11.5 Å². The molecule has 2 aromatic rings. The number of aromatic nitrogens is 2. The molecule has 1 fully saturated rings. The number of nitrogens with one attached hydrogen (secondary N) is 2. The number of aromatic carboxylic acids is 1. The maximum absolute atomic E-state index is 12.5. The molecule has 0 saturated carbocycles. The Kier molecular flexibility index (Phi) is 5.83. The van der Waals surface area contributed by atoms with Gasteiger partial charge in [0.25, 0.3) is 5.91 Å². The number of carboxylic acid groups (broad SMARTS) is 1. The number of hydrogen-bond acceptors (Lipinski definition) is 8. The van der Waals surface area contributed by atoms with Gasteiger partial charge >= 0.3 is 11.8 Å². The molecule has 1 aliphatic rings. The highest BCUT2D eigenvalue weighted by molar-refractivity contribution is 6.22. The molecule has 0 unspecified atom stereocenters. The normalized spacial score (nSPS) is 16.0. The Balaban J connectivity index is 1.54. The number of aryl methyl sites for hydroxylation is 1. The third kappa shape index (κ3) is 4.47. The number of benzene rings is 1. The number of carbonyl (C=O) groups is 4. The van der Waals surface area contributed by atoms with Gasteiger partial charge in [-0.05, 0) is 23.1 Å². The van der Waals surface area contributed by atoms with Gasteiger partial charge in [0.1, 0.15) is 6.04 Å². The van der Waals surface area contributed by atoms with Gasteiger partial charge in [-0.1, -0.05) is 6.07 Å². The SMILES string of the molecule is O=C(CCn1ccc([N+](=O)[O-])n1)NN[C@@H]1CC(=O)N(c2cccc(C(=O)O)c2)C1=O. The molecule has 1 aromatic heterocycles. The molecule has 3 amide bonds. The second kappa shape index (κ2) is 8.48. The van der Waals surface area contributed by atoms with Crippen molar-refractivity contribution in [3.05, 3.63) is 52.2 Å². The van der Waals surface area contributed by atoms with E-state index in [-0.39, 0.29) is 36.5 Å². The first-order valence-corrected chi connectivity index (χ1v) is 8.68. The minimum atomic E-state index is -1.19. The molecule has 0 bridgehead atoms. The first-order chi connectivity index (χ1) is 14.3. The summed E-state index contributed by atoms with van der Waals surface area (Å²) < 4.78 is 1.24. The number of imide groups is 1. The van der Waals surface area contributed by atoms with Crippen LogP contribution < -0.4 is 15.8 Å². The number of nitrogens with zero attached hydrogens (tertiary/aromatic N) is 4. The molecule has 2 heterocycles. The Morgan fingerprint density at radius 1 is 1.30 bits per heavy atom. The zero-order valence-electron chi connectivity index (χ0n) is 15.3. The third-order valence-corrected chi connectivity index (χ3v) is 4.27. The third-order valence-electron chi connectivity index (χ3n) is 4.27. The van der Waals surface area contributed by atoms with Crippen LogP contribution in [-0.2, 0) is 20.9 Å². The van der Waals surface area contributed by atoms with E-state index in [1.54, 1.807) is 0 Å². The van der Waals surface area contributed by atoms with E-state index in [4.69, 9.17) is 5.11 Å². The van der Waals surface area contributed by atoms with Crippen molar-refractivity contribution in [1.29, 1.82) is 0 Å². The van der Waals surface area contributed by atoms with Crippen molar-refractivity contribution in [1.82, 2.24) is 20.6 Å². The maximum atomic E-state index is 12.5. The number of nitro groups is 1. The Morgan fingerprint density at radius 2 is 2.07 bits per heavy atom. The molecule has 3 rings (SSSR count). The first kappa shape index (κ1) is 20.6. The van der Waals surface area contributed by atoms with E-state index >= 15 is 0 Å². The smallest absolute Gasteiger partial charge is 0.389 e. The molecule has 13 heteroatoms. The van der Waals surface area contributed by atoms with Gasteiger partial charge in [0.15, 0.2) is 0 Å². The van der Waals surface area contributed by atoms with Crippen molar-refractivity contribution in [3.8, 4) is 0 Å². The molecule has 30 heavy (non-hydrogen) atoms. The highest BCUT2D eigenvalue weighted by atomic mass is 16.6. The molecule has 1 aromatic carbocycles. The molecule has 0 radical (unpaired) electrons. The molecule has 3 N–H and O–H groups in total. The fourth-order valence-corrected chi connectivity index (χ4v) is 2.81. The maximum Gasteiger partial charge on any atom is 0.389 e. The highest BCUT2D eigenvalue weighted by Crippen LogP contribution is 2.23. The van der Waals surface area contributed by atoms with Crippen LogP contribution in [0.25, 0.3) is 0 Å².